The number of hydrogen-bond acceptors (Lipinski definition) is 7. The van der Waals surface area contributed by atoms with Crippen LogP contribution < -0.4 is 16.2 Å². The average molecular weight is 378 g/mol. The van der Waals surface area contributed by atoms with Gasteiger partial charge >= 0.3 is 11.7 Å². The lowest BCUT2D eigenvalue weighted by Gasteiger charge is -2.32. The summed E-state index contributed by atoms with van der Waals surface area (Å²) in [5, 5.41) is 9.14. The van der Waals surface area contributed by atoms with Crippen molar-refractivity contribution in [2.24, 2.45) is 5.92 Å². The molecule has 1 fully saturated rings. The van der Waals surface area contributed by atoms with E-state index >= 15 is 0 Å². The van der Waals surface area contributed by atoms with Gasteiger partial charge in [0.1, 0.15) is 5.52 Å². The Balaban J connectivity index is 1.73. The van der Waals surface area contributed by atoms with E-state index in [2.05, 4.69) is 26.8 Å². The molecule has 0 amide bonds. The van der Waals surface area contributed by atoms with Gasteiger partial charge in [-0.15, -0.1) is 0 Å². The zero-order valence-electron chi connectivity index (χ0n) is 16.0. The predicted molar refractivity (Wildman–Crippen MR) is 104 cm³/mol. The van der Waals surface area contributed by atoms with E-state index in [9.17, 15) is 4.79 Å². The maximum absolute atomic E-state index is 12.4. The molecule has 4 N–H and O–H groups in total. The van der Waals surface area contributed by atoms with Gasteiger partial charge in [-0.1, -0.05) is 13.3 Å². The second-order valence-electron chi connectivity index (χ2n) is 7.19. The molecule has 0 bridgehead atoms. The Morgan fingerprint density at radius 1 is 1.37 bits per heavy atom. The molecular weight excluding hydrogens is 348 g/mol. The first-order chi connectivity index (χ1) is 13.1. The maximum Gasteiger partial charge on any atom is 0.327 e. The van der Waals surface area contributed by atoms with Crippen LogP contribution in [0.15, 0.2) is 4.79 Å². The third-order valence-corrected chi connectivity index (χ3v) is 5.14. The Morgan fingerprint density at radius 2 is 2.22 bits per heavy atom. The number of β-amino-alcohol motifs (C(OH)–C–C–N with tert-alkyl or cyclic N) is 1. The van der Waals surface area contributed by atoms with Crippen LogP contribution in [0.25, 0.3) is 11.2 Å². The molecule has 1 saturated heterocycles. The van der Waals surface area contributed by atoms with Crippen LogP contribution in [-0.4, -0.2) is 62.4 Å². The molecule has 0 aromatic carbocycles. The van der Waals surface area contributed by atoms with Crippen molar-refractivity contribution in [1.29, 1.82) is 0 Å². The number of aliphatic hydroxyl groups excluding tert-OH is 1. The Bertz CT molecular complexity index is 800. The third kappa shape index (κ3) is 4.78. The standard InChI is InChI=1S/C18H30N6O3/c1-2-3-11-27-17-21-15(19)14-16(22-17)24(18(26)20-14)8-6-13-5-4-7-23(12-13)9-10-25/h13,25H,2-12H2,1H3,(H,20,26)(H2,19,21,22). The summed E-state index contributed by atoms with van der Waals surface area (Å²) in [4.78, 5) is 26.0. The van der Waals surface area contributed by atoms with E-state index in [1.54, 1.807) is 4.57 Å². The van der Waals surface area contributed by atoms with Gasteiger partial charge in [-0.05, 0) is 38.1 Å². The number of aliphatic hydroxyl groups is 1. The number of anilines is 1. The van der Waals surface area contributed by atoms with Crippen molar-refractivity contribution in [3.63, 3.8) is 0 Å². The van der Waals surface area contributed by atoms with E-state index in [-0.39, 0.29) is 24.1 Å². The number of nitrogens with zero attached hydrogens (tertiary/aromatic N) is 4. The van der Waals surface area contributed by atoms with Gasteiger partial charge in [0.15, 0.2) is 11.5 Å². The van der Waals surface area contributed by atoms with Crippen molar-refractivity contribution in [3.05, 3.63) is 10.5 Å². The minimum Gasteiger partial charge on any atom is -0.463 e. The minimum atomic E-state index is -0.222. The second-order valence-corrected chi connectivity index (χ2v) is 7.19. The summed E-state index contributed by atoms with van der Waals surface area (Å²) in [6.07, 6.45) is 5.07. The molecule has 2 aromatic rings. The van der Waals surface area contributed by atoms with Crippen LogP contribution in [0.4, 0.5) is 5.82 Å². The fraction of sp³-hybridized carbons (Fsp3) is 0.722. The zero-order valence-corrected chi connectivity index (χ0v) is 16.0. The minimum absolute atomic E-state index is 0.186. The fourth-order valence-corrected chi connectivity index (χ4v) is 3.65. The molecule has 150 valence electrons. The van der Waals surface area contributed by atoms with Crippen LogP contribution in [0.5, 0.6) is 6.01 Å². The van der Waals surface area contributed by atoms with Gasteiger partial charge in [0.2, 0.25) is 0 Å². The Morgan fingerprint density at radius 3 is 3.00 bits per heavy atom. The Labute approximate surface area is 158 Å². The number of aryl methyl sites for hydroxylation is 1. The Kier molecular flexibility index (Phi) is 6.68. The number of hydrogen-bond donors (Lipinski definition) is 3. The zero-order chi connectivity index (χ0) is 19.2. The van der Waals surface area contributed by atoms with Gasteiger partial charge in [-0.3, -0.25) is 4.57 Å². The molecule has 0 radical (unpaired) electrons. The number of rotatable bonds is 9. The highest BCUT2D eigenvalue weighted by molar-refractivity contribution is 5.81. The summed E-state index contributed by atoms with van der Waals surface area (Å²) in [5.41, 5.74) is 6.73. The quantitative estimate of drug-likeness (QED) is 0.556. The number of H-pyrrole nitrogens is 1. The highest BCUT2D eigenvalue weighted by atomic mass is 16.5. The van der Waals surface area contributed by atoms with Crippen LogP contribution in [0.2, 0.25) is 0 Å². The van der Waals surface area contributed by atoms with E-state index in [1.807, 2.05) is 0 Å². The number of ether oxygens (including phenoxy) is 1. The molecular formula is C18H30N6O3. The average Bonchev–Trinajstić information content (AvgIpc) is 2.97. The molecule has 3 rings (SSSR count). The number of fused-ring (bicyclic) bond motifs is 1. The van der Waals surface area contributed by atoms with Crippen LogP contribution in [0.3, 0.4) is 0 Å². The smallest absolute Gasteiger partial charge is 0.327 e. The van der Waals surface area contributed by atoms with Crippen LogP contribution in [0, 0.1) is 5.92 Å². The molecule has 1 atom stereocenters. The van der Waals surface area contributed by atoms with E-state index in [0.29, 0.717) is 36.8 Å². The fourth-order valence-electron chi connectivity index (χ4n) is 3.65. The first-order valence-corrected chi connectivity index (χ1v) is 9.84. The van der Waals surface area contributed by atoms with Gasteiger partial charge in [0.25, 0.3) is 0 Å². The van der Waals surface area contributed by atoms with Crippen molar-refractivity contribution in [1.82, 2.24) is 24.4 Å². The first kappa shape index (κ1) is 19.6. The van der Waals surface area contributed by atoms with Crippen molar-refractivity contribution >= 4 is 17.0 Å². The van der Waals surface area contributed by atoms with Crippen molar-refractivity contribution in [3.8, 4) is 6.01 Å². The lowest BCUT2D eigenvalue weighted by molar-refractivity contribution is 0.134. The summed E-state index contributed by atoms with van der Waals surface area (Å²) in [6.45, 7) is 6.07. The van der Waals surface area contributed by atoms with Crippen molar-refractivity contribution in [2.75, 3.05) is 38.6 Å². The molecule has 1 aliphatic heterocycles. The highest BCUT2D eigenvalue weighted by Gasteiger charge is 2.21. The molecule has 1 aliphatic rings. The first-order valence-electron chi connectivity index (χ1n) is 9.84. The third-order valence-electron chi connectivity index (χ3n) is 5.14. The van der Waals surface area contributed by atoms with Gasteiger partial charge in [-0.25, -0.2) is 4.79 Å². The van der Waals surface area contributed by atoms with Crippen LogP contribution >= 0.6 is 0 Å². The van der Waals surface area contributed by atoms with Gasteiger partial charge in [0.05, 0.1) is 13.2 Å². The van der Waals surface area contributed by atoms with Gasteiger partial charge in [0, 0.05) is 19.6 Å². The molecule has 0 aliphatic carbocycles. The molecule has 2 aromatic heterocycles. The van der Waals surface area contributed by atoms with E-state index in [0.717, 1.165) is 45.2 Å². The lowest BCUT2D eigenvalue weighted by atomic mass is 9.95. The number of nitrogens with one attached hydrogen (secondary N) is 1. The Hall–Kier alpha value is -2.13. The van der Waals surface area contributed by atoms with Gasteiger partial charge in [-0.2, -0.15) is 9.97 Å². The number of nitrogens with two attached hydrogens (primary N) is 1. The van der Waals surface area contributed by atoms with Crippen LogP contribution in [-0.2, 0) is 6.54 Å². The lowest BCUT2D eigenvalue weighted by Crippen LogP contribution is -2.37. The molecule has 3 heterocycles. The summed E-state index contributed by atoms with van der Waals surface area (Å²) in [7, 11) is 0. The second kappa shape index (κ2) is 9.18. The summed E-state index contributed by atoms with van der Waals surface area (Å²) in [5.74, 6) is 0.732. The normalized spacial score (nSPS) is 18.2. The largest absolute Gasteiger partial charge is 0.463 e. The summed E-state index contributed by atoms with van der Waals surface area (Å²) >= 11 is 0. The topological polar surface area (TPSA) is 122 Å². The number of nitrogen functional groups attached to an aromatic ring is 1. The van der Waals surface area contributed by atoms with Crippen LogP contribution in [0.1, 0.15) is 39.0 Å². The number of aromatic nitrogens is 4. The molecule has 1 unspecified atom stereocenters. The predicted octanol–water partition coefficient (Wildman–Crippen LogP) is 0.975. The number of imidazole rings is 1. The molecule has 0 spiro atoms. The van der Waals surface area contributed by atoms with E-state index in [4.69, 9.17) is 15.6 Å². The molecule has 9 heteroatoms. The summed E-state index contributed by atoms with van der Waals surface area (Å²) in [6, 6.07) is 0.216. The monoisotopic (exact) mass is 378 g/mol. The van der Waals surface area contributed by atoms with E-state index < -0.39 is 0 Å². The highest BCUT2D eigenvalue weighted by Crippen LogP contribution is 2.22. The molecule has 27 heavy (non-hydrogen) atoms. The molecule has 0 saturated carbocycles. The number of likely N-dealkylation sites (tertiary alicyclic amines) is 1. The van der Waals surface area contributed by atoms with Gasteiger partial charge < -0.3 is 25.5 Å². The van der Waals surface area contributed by atoms with Crippen molar-refractivity contribution < 1.29 is 9.84 Å². The number of aromatic amines is 1. The number of piperidine rings is 1. The SMILES string of the molecule is CCCCOc1nc(N)c2[nH]c(=O)n(CCC3CCCN(CCO)C3)c2n1. The van der Waals surface area contributed by atoms with Crippen molar-refractivity contribution in [2.45, 2.75) is 45.6 Å². The molecule has 9 nitrogen and oxygen atoms in total. The number of unbranched alkanes of at least 4 members (excludes halogenated alkanes) is 1. The maximum atomic E-state index is 12.4. The van der Waals surface area contributed by atoms with E-state index in [1.165, 1.54) is 0 Å². The summed E-state index contributed by atoms with van der Waals surface area (Å²) < 4.78 is 7.20.